The van der Waals surface area contributed by atoms with Gasteiger partial charge in [-0.2, -0.15) is 0 Å². The van der Waals surface area contributed by atoms with E-state index in [1.54, 1.807) is 0 Å². The molecule has 0 saturated carbocycles. The van der Waals surface area contributed by atoms with Crippen LogP contribution in [0.3, 0.4) is 0 Å². The van der Waals surface area contributed by atoms with Gasteiger partial charge in [0, 0.05) is 11.3 Å². The Morgan fingerprint density at radius 1 is 1.46 bits per heavy atom. The number of hydrogen-bond donors (Lipinski definition) is 2. The fourth-order valence-corrected chi connectivity index (χ4v) is 1.82. The van der Waals surface area contributed by atoms with Crippen LogP contribution in [0.2, 0.25) is 0 Å². The molecule has 70 valence electrons. The van der Waals surface area contributed by atoms with Crippen molar-refractivity contribution in [1.82, 2.24) is 0 Å². The number of fused-ring (bicyclic) bond motifs is 1. The lowest BCUT2D eigenvalue weighted by Gasteiger charge is -2.10. The van der Waals surface area contributed by atoms with Crippen molar-refractivity contribution in [1.29, 1.82) is 0 Å². The lowest BCUT2D eigenvalue weighted by Crippen LogP contribution is -2.12. The number of rotatable bonds is 0. The van der Waals surface area contributed by atoms with E-state index < -0.39 is 0 Å². The molecule has 1 aliphatic heterocycles. The lowest BCUT2D eigenvalue weighted by molar-refractivity contribution is 0.333. The maximum absolute atomic E-state index is 5.91. The van der Waals surface area contributed by atoms with Crippen molar-refractivity contribution in [3.05, 3.63) is 22.8 Å². The number of hydrogen-bond acceptors (Lipinski definition) is 3. The maximum Gasteiger partial charge on any atom is 0.124 e. The molecule has 4 N–H and O–H groups in total. The summed E-state index contributed by atoms with van der Waals surface area (Å²) in [5.74, 6) is 0.900. The van der Waals surface area contributed by atoms with Crippen molar-refractivity contribution in [3.8, 4) is 5.75 Å². The smallest absolute Gasteiger partial charge is 0.124 e. The minimum absolute atomic E-state index is 0.0158. The molecule has 3 heteroatoms. The van der Waals surface area contributed by atoms with Gasteiger partial charge in [-0.3, -0.25) is 0 Å². The minimum atomic E-state index is -0.0158. The van der Waals surface area contributed by atoms with Crippen molar-refractivity contribution in [2.75, 3.05) is 12.3 Å². The molecule has 0 fully saturated rings. The average Bonchev–Trinajstić information content (AvgIpc) is 2.43. The van der Waals surface area contributed by atoms with Gasteiger partial charge in [0.1, 0.15) is 12.4 Å². The molecule has 1 atom stereocenters. The van der Waals surface area contributed by atoms with Gasteiger partial charge < -0.3 is 16.2 Å². The van der Waals surface area contributed by atoms with Gasteiger partial charge in [0.25, 0.3) is 0 Å². The normalized spacial score (nSPS) is 19.8. The summed E-state index contributed by atoms with van der Waals surface area (Å²) in [6.07, 6.45) is 0. The van der Waals surface area contributed by atoms with Gasteiger partial charge in [-0.1, -0.05) is 0 Å². The van der Waals surface area contributed by atoms with Crippen molar-refractivity contribution in [3.63, 3.8) is 0 Å². The van der Waals surface area contributed by atoms with E-state index in [0.717, 1.165) is 28.1 Å². The SMILES string of the molecule is Cc1cc2c(c(C)c1N)[C@H](N)CO2. The van der Waals surface area contributed by atoms with Gasteiger partial charge in [-0.05, 0) is 31.0 Å². The molecule has 2 rings (SSSR count). The molecule has 0 spiro atoms. The molecule has 0 amide bonds. The van der Waals surface area contributed by atoms with Crippen LogP contribution in [0.25, 0.3) is 0 Å². The molecule has 0 aromatic heterocycles. The van der Waals surface area contributed by atoms with E-state index in [1.165, 1.54) is 0 Å². The maximum atomic E-state index is 5.91. The summed E-state index contributed by atoms with van der Waals surface area (Å²) < 4.78 is 5.45. The Morgan fingerprint density at radius 2 is 2.15 bits per heavy atom. The quantitative estimate of drug-likeness (QED) is 0.588. The number of aryl methyl sites for hydroxylation is 1. The standard InChI is InChI=1S/C10H14N2O/c1-5-3-8-9(6(2)10(5)12)7(11)4-13-8/h3,7H,4,11-12H2,1-2H3/t7-/m1/s1. The molecular weight excluding hydrogens is 164 g/mol. The van der Waals surface area contributed by atoms with Crippen LogP contribution in [0, 0.1) is 13.8 Å². The summed E-state index contributed by atoms with van der Waals surface area (Å²) in [7, 11) is 0. The molecule has 13 heavy (non-hydrogen) atoms. The summed E-state index contributed by atoms with van der Waals surface area (Å²) >= 11 is 0. The fraction of sp³-hybridized carbons (Fsp3) is 0.400. The summed E-state index contributed by atoms with van der Waals surface area (Å²) in [4.78, 5) is 0. The van der Waals surface area contributed by atoms with E-state index in [9.17, 15) is 0 Å². The van der Waals surface area contributed by atoms with Crippen LogP contribution in [0.4, 0.5) is 5.69 Å². The molecule has 1 aromatic carbocycles. The Balaban J connectivity index is 2.68. The van der Waals surface area contributed by atoms with Gasteiger partial charge in [0.05, 0.1) is 6.04 Å². The van der Waals surface area contributed by atoms with Gasteiger partial charge in [0.15, 0.2) is 0 Å². The van der Waals surface area contributed by atoms with Crippen LogP contribution in [0.1, 0.15) is 22.7 Å². The molecule has 1 aliphatic rings. The first-order valence-electron chi connectivity index (χ1n) is 4.39. The second kappa shape index (κ2) is 2.64. The molecule has 0 saturated heterocycles. The number of benzene rings is 1. The minimum Gasteiger partial charge on any atom is -0.491 e. The van der Waals surface area contributed by atoms with Crippen molar-refractivity contribution in [2.45, 2.75) is 19.9 Å². The summed E-state index contributed by atoms with van der Waals surface area (Å²) in [5.41, 5.74) is 15.8. The second-order valence-corrected chi connectivity index (χ2v) is 3.56. The van der Waals surface area contributed by atoms with E-state index in [1.807, 2.05) is 19.9 Å². The zero-order valence-corrected chi connectivity index (χ0v) is 7.92. The Bertz CT molecular complexity index is 360. The van der Waals surface area contributed by atoms with Gasteiger partial charge in [-0.15, -0.1) is 0 Å². The zero-order chi connectivity index (χ0) is 9.59. The van der Waals surface area contributed by atoms with Crippen LogP contribution in [0.15, 0.2) is 6.07 Å². The van der Waals surface area contributed by atoms with Gasteiger partial charge >= 0.3 is 0 Å². The topological polar surface area (TPSA) is 61.3 Å². The highest BCUT2D eigenvalue weighted by atomic mass is 16.5. The molecule has 0 radical (unpaired) electrons. The average molecular weight is 178 g/mol. The first-order chi connectivity index (χ1) is 6.11. The molecule has 0 aliphatic carbocycles. The van der Waals surface area contributed by atoms with Crippen LogP contribution < -0.4 is 16.2 Å². The molecule has 3 nitrogen and oxygen atoms in total. The first-order valence-corrected chi connectivity index (χ1v) is 4.39. The predicted octanol–water partition coefficient (Wildman–Crippen LogP) is 1.28. The summed E-state index contributed by atoms with van der Waals surface area (Å²) in [6.45, 7) is 4.55. The Morgan fingerprint density at radius 3 is 2.85 bits per heavy atom. The Kier molecular flexibility index (Phi) is 1.70. The number of ether oxygens (including phenoxy) is 1. The lowest BCUT2D eigenvalue weighted by atomic mass is 9.98. The highest BCUT2D eigenvalue weighted by Crippen LogP contribution is 2.37. The molecule has 1 heterocycles. The van der Waals surface area contributed by atoms with Crippen molar-refractivity contribution in [2.24, 2.45) is 5.73 Å². The summed E-state index contributed by atoms with van der Waals surface area (Å²) in [5, 5.41) is 0. The predicted molar refractivity (Wildman–Crippen MR) is 52.8 cm³/mol. The Labute approximate surface area is 77.7 Å². The summed E-state index contributed by atoms with van der Waals surface area (Å²) in [6, 6.07) is 1.95. The van der Waals surface area contributed by atoms with Gasteiger partial charge in [0.2, 0.25) is 0 Å². The number of nitrogen functional groups attached to an aromatic ring is 1. The third kappa shape index (κ3) is 1.08. The number of anilines is 1. The Hall–Kier alpha value is -1.22. The van der Waals surface area contributed by atoms with Crippen LogP contribution in [0.5, 0.6) is 5.75 Å². The highest BCUT2D eigenvalue weighted by Gasteiger charge is 2.24. The van der Waals surface area contributed by atoms with E-state index in [4.69, 9.17) is 16.2 Å². The third-order valence-electron chi connectivity index (χ3n) is 2.64. The first kappa shape index (κ1) is 8.38. The monoisotopic (exact) mass is 178 g/mol. The van der Waals surface area contributed by atoms with Crippen molar-refractivity contribution < 1.29 is 4.74 Å². The van der Waals surface area contributed by atoms with Crippen molar-refractivity contribution >= 4 is 5.69 Å². The number of nitrogens with two attached hydrogens (primary N) is 2. The van der Waals surface area contributed by atoms with E-state index >= 15 is 0 Å². The second-order valence-electron chi connectivity index (χ2n) is 3.56. The highest BCUT2D eigenvalue weighted by molar-refractivity contribution is 5.62. The van der Waals surface area contributed by atoms with E-state index in [-0.39, 0.29) is 6.04 Å². The van der Waals surface area contributed by atoms with Crippen LogP contribution in [-0.2, 0) is 0 Å². The fourth-order valence-electron chi connectivity index (χ4n) is 1.82. The van der Waals surface area contributed by atoms with Crippen LogP contribution in [-0.4, -0.2) is 6.61 Å². The van der Waals surface area contributed by atoms with Gasteiger partial charge in [-0.25, -0.2) is 0 Å². The van der Waals surface area contributed by atoms with Crippen LogP contribution >= 0.6 is 0 Å². The third-order valence-corrected chi connectivity index (χ3v) is 2.64. The molecule has 1 aromatic rings. The molecular formula is C10H14N2O. The molecule has 0 unspecified atom stereocenters. The van der Waals surface area contributed by atoms with E-state index in [2.05, 4.69) is 0 Å². The largest absolute Gasteiger partial charge is 0.491 e. The molecule has 0 bridgehead atoms. The van der Waals surface area contributed by atoms with E-state index in [0.29, 0.717) is 6.61 Å². The zero-order valence-electron chi connectivity index (χ0n) is 7.92.